The molecule has 0 heterocycles. The second-order valence-corrected chi connectivity index (χ2v) is 4.20. The second kappa shape index (κ2) is 4.83. The van der Waals surface area contributed by atoms with Gasteiger partial charge in [-0.1, -0.05) is 6.92 Å². The fourth-order valence-electron chi connectivity index (χ4n) is 1.57. The molecule has 1 saturated carbocycles. The van der Waals surface area contributed by atoms with E-state index in [1.54, 1.807) is 0 Å². The molecule has 0 aromatic carbocycles. The predicted octanol–water partition coefficient (Wildman–Crippen LogP) is 1.36. The number of rotatable bonds is 6. The highest BCUT2D eigenvalue weighted by atomic mass is 14.9. The summed E-state index contributed by atoms with van der Waals surface area (Å²) in [5.74, 6) is 1.88. The molecule has 0 saturated heterocycles. The number of nitrogens with two attached hydrogens (primary N) is 1. The third-order valence-electron chi connectivity index (χ3n) is 2.81. The van der Waals surface area contributed by atoms with Gasteiger partial charge in [-0.3, -0.25) is 0 Å². The zero-order chi connectivity index (χ0) is 8.97. The van der Waals surface area contributed by atoms with E-state index < -0.39 is 0 Å². The Morgan fingerprint density at radius 1 is 1.42 bits per heavy atom. The minimum Gasteiger partial charge on any atom is -0.330 e. The second-order valence-electron chi connectivity index (χ2n) is 4.20. The van der Waals surface area contributed by atoms with Crippen LogP contribution in [0.2, 0.25) is 0 Å². The van der Waals surface area contributed by atoms with E-state index in [2.05, 4.69) is 19.2 Å². The molecule has 2 heteroatoms. The Bertz CT molecular complexity index is 121. The highest BCUT2D eigenvalue weighted by Gasteiger charge is 2.27. The van der Waals surface area contributed by atoms with Gasteiger partial charge in [-0.2, -0.15) is 0 Å². The van der Waals surface area contributed by atoms with Gasteiger partial charge in [0, 0.05) is 6.04 Å². The molecule has 1 aliphatic carbocycles. The average Bonchev–Trinajstić information content (AvgIpc) is 2.83. The maximum absolute atomic E-state index is 5.47. The normalized spacial score (nSPS) is 22.2. The third kappa shape index (κ3) is 3.55. The van der Waals surface area contributed by atoms with Crippen molar-refractivity contribution in [2.75, 3.05) is 13.1 Å². The van der Waals surface area contributed by atoms with E-state index in [0.29, 0.717) is 6.04 Å². The SMILES string of the molecule is CC(CCN)NCC(C)C1CC1. The molecule has 0 aromatic heterocycles. The first-order valence-corrected chi connectivity index (χ1v) is 5.17. The summed E-state index contributed by atoms with van der Waals surface area (Å²) in [4.78, 5) is 0. The van der Waals surface area contributed by atoms with E-state index in [1.807, 2.05) is 0 Å². The van der Waals surface area contributed by atoms with Crippen LogP contribution in [0.3, 0.4) is 0 Å². The Hall–Kier alpha value is -0.0800. The molecule has 2 nitrogen and oxygen atoms in total. The molecule has 0 amide bonds. The van der Waals surface area contributed by atoms with Crippen LogP contribution in [0.1, 0.15) is 33.1 Å². The van der Waals surface area contributed by atoms with Crippen molar-refractivity contribution in [3.8, 4) is 0 Å². The quantitative estimate of drug-likeness (QED) is 0.631. The van der Waals surface area contributed by atoms with Gasteiger partial charge in [0.25, 0.3) is 0 Å². The van der Waals surface area contributed by atoms with Gasteiger partial charge in [0.05, 0.1) is 0 Å². The summed E-state index contributed by atoms with van der Waals surface area (Å²) < 4.78 is 0. The fourth-order valence-corrected chi connectivity index (χ4v) is 1.57. The zero-order valence-corrected chi connectivity index (χ0v) is 8.34. The first-order chi connectivity index (χ1) is 5.74. The van der Waals surface area contributed by atoms with Crippen molar-refractivity contribution < 1.29 is 0 Å². The fraction of sp³-hybridized carbons (Fsp3) is 1.00. The van der Waals surface area contributed by atoms with Gasteiger partial charge >= 0.3 is 0 Å². The van der Waals surface area contributed by atoms with Crippen LogP contribution in [-0.2, 0) is 0 Å². The topological polar surface area (TPSA) is 38.0 Å². The lowest BCUT2D eigenvalue weighted by molar-refractivity contribution is 0.417. The van der Waals surface area contributed by atoms with Crippen LogP contribution in [0.4, 0.5) is 0 Å². The molecule has 72 valence electrons. The largest absolute Gasteiger partial charge is 0.330 e. The van der Waals surface area contributed by atoms with E-state index >= 15 is 0 Å². The summed E-state index contributed by atoms with van der Waals surface area (Å²) in [5, 5.41) is 3.52. The smallest absolute Gasteiger partial charge is 0.00508 e. The van der Waals surface area contributed by atoms with Gasteiger partial charge in [0.2, 0.25) is 0 Å². The van der Waals surface area contributed by atoms with Crippen LogP contribution in [0.25, 0.3) is 0 Å². The molecule has 0 spiro atoms. The summed E-state index contributed by atoms with van der Waals surface area (Å²) in [6.45, 7) is 6.53. The van der Waals surface area contributed by atoms with Gasteiger partial charge in [-0.25, -0.2) is 0 Å². The number of hydrogen-bond donors (Lipinski definition) is 2. The molecule has 2 atom stereocenters. The minimum atomic E-state index is 0.594. The molecule has 1 rings (SSSR count). The van der Waals surface area contributed by atoms with Crippen molar-refractivity contribution in [3.05, 3.63) is 0 Å². The lowest BCUT2D eigenvalue weighted by Gasteiger charge is -2.16. The lowest BCUT2D eigenvalue weighted by Crippen LogP contribution is -2.32. The summed E-state index contributed by atoms with van der Waals surface area (Å²) in [6.07, 6.45) is 4.00. The standard InChI is InChI=1S/C10H22N2/c1-8(10-3-4-10)7-12-9(2)5-6-11/h8-10,12H,3-7,11H2,1-2H3. The molecule has 0 aromatic rings. The highest BCUT2D eigenvalue weighted by Crippen LogP contribution is 2.36. The van der Waals surface area contributed by atoms with E-state index in [9.17, 15) is 0 Å². The van der Waals surface area contributed by atoms with Gasteiger partial charge in [-0.05, 0) is 51.1 Å². The Morgan fingerprint density at radius 3 is 2.58 bits per heavy atom. The molecule has 0 bridgehead atoms. The van der Waals surface area contributed by atoms with Crippen LogP contribution in [-0.4, -0.2) is 19.1 Å². The maximum atomic E-state index is 5.47. The average molecular weight is 170 g/mol. The monoisotopic (exact) mass is 170 g/mol. The molecule has 1 aliphatic rings. The maximum Gasteiger partial charge on any atom is 0.00508 e. The first-order valence-electron chi connectivity index (χ1n) is 5.17. The lowest BCUT2D eigenvalue weighted by atomic mass is 10.1. The van der Waals surface area contributed by atoms with Gasteiger partial charge in [0.1, 0.15) is 0 Å². The zero-order valence-electron chi connectivity index (χ0n) is 8.34. The number of nitrogens with one attached hydrogen (secondary N) is 1. The van der Waals surface area contributed by atoms with Crippen LogP contribution in [0.15, 0.2) is 0 Å². The Balaban J connectivity index is 1.99. The molecule has 3 N–H and O–H groups in total. The Morgan fingerprint density at radius 2 is 2.08 bits per heavy atom. The highest BCUT2D eigenvalue weighted by molar-refractivity contribution is 4.80. The van der Waals surface area contributed by atoms with Crippen LogP contribution < -0.4 is 11.1 Å². The molecule has 2 unspecified atom stereocenters. The summed E-state index contributed by atoms with van der Waals surface area (Å²) in [5.41, 5.74) is 5.47. The summed E-state index contributed by atoms with van der Waals surface area (Å²) >= 11 is 0. The summed E-state index contributed by atoms with van der Waals surface area (Å²) in [6, 6.07) is 0.594. The molecule has 0 radical (unpaired) electrons. The van der Waals surface area contributed by atoms with Crippen molar-refractivity contribution in [1.29, 1.82) is 0 Å². The van der Waals surface area contributed by atoms with Crippen LogP contribution in [0, 0.1) is 11.8 Å². The van der Waals surface area contributed by atoms with E-state index in [4.69, 9.17) is 5.73 Å². The molecular formula is C10H22N2. The third-order valence-corrected chi connectivity index (χ3v) is 2.81. The van der Waals surface area contributed by atoms with Gasteiger partial charge in [0.15, 0.2) is 0 Å². The van der Waals surface area contributed by atoms with Crippen LogP contribution >= 0.6 is 0 Å². The van der Waals surface area contributed by atoms with Crippen molar-refractivity contribution in [2.24, 2.45) is 17.6 Å². The Labute approximate surface area is 75.9 Å². The van der Waals surface area contributed by atoms with E-state index in [-0.39, 0.29) is 0 Å². The van der Waals surface area contributed by atoms with Crippen molar-refractivity contribution in [2.45, 2.75) is 39.2 Å². The van der Waals surface area contributed by atoms with Gasteiger partial charge in [-0.15, -0.1) is 0 Å². The van der Waals surface area contributed by atoms with E-state index in [1.165, 1.54) is 19.4 Å². The molecular weight excluding hydrogens is 148 g/mol. The van der Waals surface area contributed by atoms with Crippen LogP contribution in [0.5, 0.6) is 0 Å². The molecule has 1 fully saturated rings. The van der Waals surface area contributed by atoms with Gasteiger partial charge < -0.3 is 11.1 Å². The molecule has 0 aliphatic heterocycles. The Kier molecular flexibility index (Phi) is 4.02. The molecule has 12 heavy (non-hydrogen) atoms. The first kappa shape index (κ1) is 10.0. The number of hydrogen-bond acceptors (Lipinski definition) is 2. The minimum absolute atomic E-state index is 0.594. The predicted molar refractivity (Wildman–Crippen MR) is 53.0 cm³/mol. The van der Waals surface area contributed by atoms with Crippen molar-refractivity contribution in [3.63, 3.8) is 0 Å². The summed E-state index contributed by atoms with van der Waals surface area (Å²) in [7, 11) is 0. The van der Waals surface area contributed by atoms with E-state index in [0.717, 1.165) is 24.8 Å². The van der Waals surface area contributed by atoms with Crippen molar-refractivity contribution >= 4 is 0 Å². The van der Waals surface area contributed by atoms with Crippen molar-refractivity contribution in [1.82, 2.24) is 5.32 Å².